The quantitative estimate of drug-likeness (QED) is 0.728. The molecule has 1 heteroatoms. The summed E-state index contributed by atoms with van der Waals surface area (Å²) in [5, 5.41) is 3.84. The van der Waals surface area contributed by atoms with Crippen molar-refractivity contribution in [3.8, 4) is 0 Å². The standard InChI is InChI=1S/C13H25N/c1-4-10-7-12(8-10)14-11-5-6-13(2,3)9-11/h10-12,14H,4-9H2,1-3H3. The molecule has 0 amide bonds. The van der Waals surface area contributed by atoms with Crippen LogP contribution in [0.2, 0.25) is 0 Å². The zero-order valence-corrected chi connectivity index (χ0v) is 9.97. The van der Waals surface area contributed by atoms with Crippen LogP contribution in [0.3, 0.4) is 0 Å². The van der Waals surface area contributed by atoms with Gasteiger partial charge in [-0.25, -0.2) is 0 Å². The van der Waals surface area contributed by atoms with E-state index in [1.807, 2.05) is 0 Å². The molecule has 0 heterocycles. The van der Waals surface area contributed by atoms with Crippen LogP contribution in [-0.2, 0) is 0 Å². The van der Waals surface area contributed by atoms with Gasteiger partial charge in [0.2, 0.25) is 0 Å². The molecule has 1 atom stereocenters. The van der Waals surface area contributed by atoms with Crippen molar-refractivity contribution in [2.24, 2.45) is 11.3 Å². The summed E-state index contributed by atoms with van der Waals surface area (Å²) in [5.41, 5.74) is 0.603. The molecule has 82 valence electrons. The smallest absolute Gasteiger partial charge is 0.00749 e. The topological polar surface area (TPSA) is 12.0 Å². The van der Waals surface area contributed by atoms with Gasteiger partial charge < -0.3 is 5.32 Å². The van der Waals surface area contributed by atoms with E-state index in [1.165, 1.54) is 38.5 Å². The fourth-order valence-electron chi connectivity index (χ4n) is 3.12. The van der Waals surface area contributed by atoms with E-state index in [0.717, 1.165) is 18.0 Å². The highest BCUT2D eigenvalue weighted by Gasteiger charge is 2.35. The third-order valence-corrected chi connectivity index (χ3v) is 4.25. The van der Waals surface area contributed by atoms with Crippen molar-refractivity contribution in [1.29, 1.82) is 0 Å². The van der Waals surface area contributed by atoms with Crippen LogP contribution in [-0.4, -0.2) is 12.1 Å². The third-order valence-electron chi connectivity index (χ3n) is 4.25. The molecule has 0 spiro atoms. The molecule has 2 aliphatic carbocycles. The lowest BCUT2D eigenvalue weighted by Crippen LogP contribution is -2.45. The number of hydrogen-bond acceptors (Lipinski definition) is 1. The Hall–Kier alpha value is -0.0400. The maximum atomic E-state index is 3.84. The minimum Gasteiger partial charge on any atom is -0.311 e. The summed E-state index contributed by atoms with van der Waals surface area (Å²) in [5.74, 6) is 1.03. The van der Waals surface area contributed by atoms with Crippen LogP contribution in [0, 0.1) is 11.3 Å². The van der Waals surface area contributed by atoms with Crippen molar-refractivity contribution in [3.05, 3.63) is 0 Å². The minimum absolute atomic E-state index is 0.603. The second-order valence-corrected chi connectivity index (χ2v) is 6.21. The van der Waals surface area contributed by atoms with Gasteiger partial charge in [-0.2, -0.15) is 0 Å². The fraction of sp³-hybridized carbons (Fsp3) is 1.00. The van der Waals surface area contributed by atoms with Gasteiger partial charge in [0.15, 0.2) is 0 Å². The Morgan fingerprint density at radius 2 is 1.93 bits per heavy atom. The van der Waals surface area contributed by atoms with E-state index in [9.17, 15) is 0 Å². The van der Waals surface area contributed by atoms with E-state index >= 15 is 0 Å². The molecule has 2 saturated carbocycles. The van der Waals surface area contributed by atoms with Gasteiger partial charge in [-0.05, 0) is 43.4 Å². The van der Waals surface area contributed by atoms with Gasteiger partial charge in [-0.15, -0.1) is 0 Å². The van der Waals surface area contributed by atoms with Gasteiger partial charge in [-0.3, -0.25) is 0 Å². The molecule has 2 fully saturated rings. The second-order valence-electron chi connectivity index (χ2n) is 6.21. The Balaban J connectivity index is 1.68. The molecule has 1 unspecified atom stereocenters. The zero-order valence-electron chi connectivity index (χ0n) is 9.97. The molecule has 0 aromatic rings. The van der Waals surface area contributed by atoms with E-state index in [1.54, 1.807) is 0 Å². The highest BCUT2D eigenvalue weighted by atomic mass is 15.0. The second kappa shape index (κ2) is 3.84. The Morgan fingerprint density at radius 3 is 2.43 bits per heavy atom. The number of nitrogens with one attached hydrogen (secondary N) is 1. The van der Waals surface area contributed by atoms with Gasteiger partial charge in [-0.1, -0.05) is 27.2 Å². The average molecular weight is 195 g/mol. The lowest BCUT2D eigenvalue weighted by Gasteiger charge is -2.37. The summed E-state index contributed by atoms with van der Waals surface area (Å²) in [7, 11) is 0. The Morgan fingerprint density at radius 1 is 1.21 bits per heavy atom. The van der Waals surface area contributed by atoms with E-state index in [-0.39, 0.29) is 0 Å². The van der Waals surface area contributed by atoms with Crippen molar-refractivity contribution < 1.29 is 0 Å². The summed E-state index contributed by atoms with van der Waals surface area (Å²) in [6, 6.07) is 1.69. The minimum atomic E-state index is 0.603. The summed E-state index contributed by atoms with van der Waals surface area (Å²) in [6.07, 6.45) is 8.46. The van der Waals surface area contributed by atoms with Gasteiger partial charge >= 0.3 is 0 Å². The molecule has 2 rings (SSSR count). The van der Waals surface area contributed by atoms with E-state index < -0.39 is 0 Å². The normalized spacial score (nSPS) is 40.9. The average Bonchev–Trinajstić information content (AvgIpc) is 2.37. The first-order chi connectivity index (χ1) is 6.59. The number of rotatable bonds is 3. The Bertz CT molecular complexity index is 191. The lowest BCUT2D eigenvalue weighted by atomic mass is 9.78. The molecule has 0 radical (unpaired) electrons. The van der Waals surface area contributed by atoms with E-state index in [2.05, 4.69) is 26.1 Å². The monoisotopic (exact) mass is 195 g/mol. The van der Waals surface area contributed by atoms with Gasteiger partial charge in [0, 0.05) is 12.1 Å². The molecular formula is C13H25N. The van der Waals surface area contributed by atoms with Crippen LogP contribution in [0.5, 0.6) is 0 Å². The number of hydrogen-bond donors (Lipinski definition) is 1. The van der Waals surface area contributed by atoms with Gasteiger partial charge in [0.05, 0.1) is 0 Å². The van der Waals surface area contributed by atoms with Crippen LogP contribution in [0.1, 0.15) is 59.3 Å². The van der Waals surface area contributed by atoms with Crippen molar-refractivity contribution in [3.63, 3.8) is 0 Å². The summed E-state index contributed by atoms with van der Waals surface area (Å²) >= 11 is 0. The molecule has 14 heavy (non-hydrogen) atoms. The third kappa shape index (κ3) is 2.31. The predicted octanol–water partition coefficient (Wildman–Crippen LogP) is 3.34. The highest BCUT2D eigenvalue weighted by molar-refractivity contribution is 4.92. The van der Waals surface area contributed by atoms with Crippen molar-refractivity contribution in [2.45, 2.75) is 71.4 Å². The first-order valence-corrected chi connectivity index (χ1v) is 6.35. The molecule has 0 aliphatic heterocycles. The summed E-state index contributed by atoms with van der Waals surface area (Å²) in [4.78, 5) is 0. The van der Waals surface area contributed by atoms with Crippen molar-refractivity contribution in [1.82, 2.24) is 5.32 Å². The maximum absolute atomic E-state index is 3.84. The maximum Gasteiger partial charge on any atom is 0.00749 e. The molecule has 0 aromatic heterocycles. The van der Waals surface area contributed by atoms with Crippen LogP contribution in [0.25, 0.3) is 0 Å². The van der Waals surface area contributed by atoms with Crippen molar-refractivity contribution >= 4 is 0 Å². The van der Waals surface area contributed by atoms with Crippen LogP contribution >= 0.6 is 0 Å². The Labute approximate surface area is 88.7 Å². The van der Waals surface area contributed by atoms with Crippen LogP contribution in [0.15, 0.2) is 0 Å². The van der Waals surface area contributed by atoms with E-state index in [0.29, 0.717) is 5.41 Å². The summed E-state index contributed by atoms with van der Waals surface area (Å²) in [6.45, 7) is 7.13. The van der Waals surface area contributed by atoms with Crippen LogP contribution < -0.4 is 5.32 Å². The zero-order chi connectivity index (χ0) is 10.2. The molecule has 0 bridgehead atoms. The first-order valence-electron chi connectivity index (χ1n) is 6.35. The Kier molecular flexibility index (Phi) is 2.88. The van der Waals surface area contributed by atoms with E-state index in [4.69, 9.17) is 0 Å². The summed E-state index contributed by atoms with van der Waals surface area (Å²) < 4.78 is 0. The molecule has 2 aliphatic rings. The first kappa shape index (κ1) is 10.5. The fourth-order valence-corrected chi connectivity index (χ4v) is 3.12. The molecule has 0 aromatic carbocycles. The molecule has 0 saturated heterocycles. The largest absolute Gasteiger partial charge is 0.311 e. The van der Waals surface area contributed by atoms with Gasteiger partial charge in [0.1, 0.15) is 0 Å². The van der Waals surface area contributed by atoms with Gasteiger partial charge in [0.25, 0.3) is 0 Å². The molecule has 1 nitrogen and oxygen atoms in total. The molecular weight excluding hydrogens is 170 g/mol. The highest BCUT2D eigenvalue weighted by Crippen LogP contribution is 2.38. The van der Waals surface area contributed by atoms with Crippen molar-refractivity contribution in [2.75, 3.05) is 0 Å². The lowest BCUT2D eigenvalue weighted by molar-refractivity contribution is 0.197. The predicted molar refractivity (Wildman–Crippen MR) is 61.4 cm³/mol. The molecule has 1 N–H and O–H groups in total. The van der Waals surface area contributed by atoms with Crippen LogP contribution in [0.4, 0.5) is 0 Å². The SMILES string of the molecule is CCC1CC(NC2CCC(C)(C)C2)C1.